The maximum Gasteiger partial charge on any atom is 1.00 e. The average Bonchev–Trinajstić information content (AvgIpc) is 2.90. The SMILES string of the molecule is Cc1ccc(S(=O)(=O)NC(Cc2ccc(OC(F)C(=O)[O-])c(N)c2)C(=O)NCCCCc2ccccc2)cc1.[K+]. The van der Waals surface area contributed by atoms with Crippen molar-refractivity contribution in [2.45, 2.75) is 49.9 Å². The smallest absolute Gasteiger partial charge is 0.543 e. The molecule has 40 heavy (non-hydrogen) atoms. The van der Waals surface area contributed by atoms with Crippen LogP contribution in [0.2, 0.25) is 0 Å². The van der Waals surface area contributed by atoms with Crippen LogP contribution >= 0.6 is 0 Å². The van der Waals surface area contributed by atoms with Crippen LogP contribution in [0.15, 0.2) is 77.7 Å². The third-order valence-corrected chi connectivity index (χ3v) is 7.40. The number of benzene rings is 3. The number of aliphatic carboxylic acids is 1. The molecule has 12 heteroatoms. The maximum atomic E-state index is 13.4. The monoisotopic (exact) mass is 595 g/mol. The van der Waals surface area contributed by atoms with Gasteiger partial charge in [-0.1, -0.05) is 54.1 Å². The number of carboxylic acids is 1. The van der Waals surface area contributed by atoms with Crippen molar-refractivity contribution in [2.24, 2.45) is 0 Å². The minimum Gasteiger partial charge on any atom is -0.543 e. The van der Waals surface area contributed by atoms with Crippen molar-refractivity contribution in [1.82, 2.24) is 10.0 Å². The number of sulfonamides is 1. The van der Waals surface area contributed by atoms with Gasteiger partial charge in [-0.15, -0.1) is 0 Å². The van der Waals surface area contributed by atoms with E-state index in [4.69, 9.17) is 5.73 Å². The second-order valence-corrected chi connectivity index (χ2v) is 10.8. The Balaban J connectivity index is 0.00000560. The number of ether oxygens (including phenoxy) is 1. The first-order chi connectivity index (χ1) is 18.5. The van der Waals surface area contributed by atoms with Gasteiger partial charge in [0.25, 0.3) is 6.36 Å². The molecular formula is C28H31FKN3O6S. The van der Waals surface area contributed by atoms with Crippen LogP contribution in [0.1, 0.15) is 29.5 Å². The van der Waals surface area contributed by atoms with Crippen molar-refractivity contribution < 1.29 is 83.6 Å². The van der Waals surface area contributed by atoms with Crippen LogP contribution < -0.4 is 77.0 Å². The van der Waals surface area contributed by atoms with Gasteiger partial charge >= 0.3 is 51.4 Å². The minimum absolute atomic E-state index is 0. The molecule has 3 rings (SSSR count). The first kappa shape index (κ1) is 33.9. The zero-order chi connectivity index (χ0) is 28.4. The predicted molar refractivity (Wildman–Crippen MR) is 143 cm³/mol. The Morgan fingerprint density at radius 1 is 1.00 bits per heavy atom. The van der Waals surface area contributed by atoms with Gasteiger partial charge < -0.3 is 25.7 Å². The zero-order valence-corrected chi connectivity index (χ0v) is 26.4. The van der Waals surface area contributed by atoms with Crippen molar-refractivity contribution in [2.75, 3.05) is 12.3 Å². The van der Waals surface area contributed by atoms with Crippen molar-refractivity contribution >= 4 is 27.6 Å². The number of hydrogen-bond donors (Lipinski definition) is 3. The molecule has 0 saturated heterocycles. The molecule has 4 N–H and O–H groups in total. The van der Waals surface area contributed by atoms with Crippen molar-refractivity contribution in [1.29, 1.82) is 0 Å². The van der Waals surface area contributed by atoms with Gasteiger partial charge in [0.2, 0.25) is 15.9 Å². The first-order valence-electron chi connectivity index (χ1n) is 12.4. The standard InChI is InChI=1S/C28H32FN3O6S.K/c1-19-10-13-22(14-11-19)39(36,37)32-24(27(33)31-16-6-5-9-20-7-3-2-4-8-20)18-21-12-15-25(23(30)17-21)38-26(29)28(34)35;/h2-4,7-8,10-15,17,24,26,32H,5-6,9,16,18,30H2,1H3,(H,31,33)(H,34,35);/q;+1/p-1. The molecule has 0 aliphatic heterocycles. The number of halogens is 1. The molecule has 0 heterocycles. The van der Waals surface area contributed by atoms with E-state index in [1.807, 2.05) is 37.3 Å². The molecule has 0 spiro atoms. The number of nitrogens with one attached hydrogen (secondary N) is 2. The molecule has 0 bridgehead atoms. The van der Waals surface area contributed by atoms with E-state index in [1.54, 1.807) is 12.1 Å². The molecule has 0 fully saturated rings. The van der Waals surface area contributed by atoms with E-state index in [0.717, 1.165) is 18.4 Å². The largest absolute Gasteiger partial charge is 1.00 e. The van der Waals surface area contributed by atoms with Gasteiger partial charge in [-0.05, 0) is 68.0 Å². The van der Waals surface area contributed by atoms with Gasteiger partial charge in [0.1, 0.15) is 17.8 Å². The van der Waals surface area contributed by atoms with E-state index in [-0.39, 0.29) is 74.1 Å². The first-order valence-corrected chi connectivity index (χ1v) is 13.8. The fourth-order valence-electron chi connectivity index (χ4n) is 3.82. The van der Waals surface area contributed by atoms with Crippen LogP contribution in [-0.4, -0.2) is 39.2 Å². The van der Waals surface area contributed by atoms with Crippen LogP contribution in [0.3, 0.4) is 0 Å². The van der Waals surface area contributed by atoms with E-state index < -0.39 is 34.3 Å². The Morgan fingerprint density at radius 3 is 2.30 bits per heavy atom. The number of carboxylic acid groups (broad SMARTS) is 1. The van der Waals surface area contributed by atoms with Crippen LogP contribution in [0.4, 0.5) is 10.1 Å². The summed E-state index contributed by atoms with van der Waals surface area (Å²) in [6, 6.07) is 19.0. The van der Waals surface area contributed by atoms with Crippen LogP contribution in [-0.2, 0) is 32.5 Å². The van der Waals surface area contributed by atoms with Gasteiger partial charge in [-0.25, -0.2) is 8.42 Å². The normalized spacial score (nSPS) is 12.6. The van der Waals surface area contributed by atoms with Crippen molar-refractivity contribution in [3.05, 3.63) is 89.5 Å². The van der Waals surface area contributed by atoms with Crippen molar-refractivity contribution in [3.63, 3.8) is 0 Å². The Morgan fingerprint density at radius 2 is 1.68 bits per heavy atom. The fourth-order valence-corrected chi connectivity index (χ4v) is 5.02. The molecular weight excluding hydrogens is 564 g/mol. The van der Waals surface area contributed by atoms with Gasteiger partial charge in [0.15, 0.2) is 0 Å². The average molecular weight is 596 g/mol. The molecule has 2 atom stereocenters. The number of carbonyl (C=O) groups is 2. The van der Waals surface area contributed by atoms with E-state index >= 15 is 0 Å². The Labute approximate surface area is 276 Å². The molecule has 0 aliphatic rings. The van der Waals surface area contributed by atoms with Gasteiger partial charge in [-0.2, -0.15) is 9.11 Å². The molecule has 2 unspecified atom stereocenters. The van der Waals surface area contributed by atoms with Crippen LogP contribution in [0.5, 0.6) is 5.75 Å². The van der Waals surface area contributed by atoms with Gasteiger partial charge in [0, 0.05) is 6.54 Å². The second kappa shape index (κ2) is 16.2. The molecule has 0 radical (unpaired) electrons. The Kier molecular flexibility index (Phi) is 13.7. The third-order valence-electron chi connectivity index (χ3n) is 5.91. The minimum atomic E-state index is -4.04. The summed E-state index contributed by atoms with van der Waals surface area (Å²) in [4.78, 5) is 23.7. The van der Waals surface area contributed by atoms with E-state index in [0.29, 0.717) is 18.5 Å². The Bertz CT molecular complexity index is 1370. The zero-order valence-electron chi connectivity index (χ0n) is 22.4. The molecule has 0 aliphatic carbocycles. The van der Waals surface area contributed by atoms with E-state index in [1.165, 1.54) is 35.9 Å². The van der Waals surface area contributed by atoms with Crippen LogP contribution in [0.25, 0.3) is 0 Å². The number of amides is 1. The molecule has 9 nitrogen and oxygen atoms in total. The molecule has 0 aromatic heterocycles. The molecule has 3 aromatic carbocycles. The summed E-state index contributed by atoms with van der Waals surface area (Å²) in [5.41, 5.74) is 8.30. The molecule has 3 aromatic rings. The number of carbonyl (C=O) groups excluding carboxylic acids is 2. The topological polar surface area (TPSA) is 151 Å². The van der Waals surface area contributed by atoms with Gasteiger partial charge in [0.05, 0.1) is 10.6 Å². The molecule has 1 amide bonds. The third kappa shape index (κ3) is 10.6. The summed E-state index contributed by atoms with van der Waals surface area (Å²) >= 11 is 0. The number of rotatable bonds is 14. The number of nitrogens with two attached hydrogens (primary N) is 1. The van der Waals surface area contributed by atoms with E-state index in [9.17, 15) is 27.5 Å². The summed E-state index contributed by atoms with van der Waals surface area (Å²) in [7, 11) is -4.04. The van der Waals surface area contributed by atoms with Gasteiger partial charge in [-0.3, -0.25) is 4.79 Å². The summed E-state index contributed by atoms with van der Waals surface area (Å²) < 4.78 is 46.6. The molecule has 0 saturated carbocycles. The quantitative estimate of drug-likeness (QED) is 0.123. The summed E-state index contributed by atoms with van der Waals surface area (Å²) in [6.45, 7) is 2.18. The molecule has 208 valence electrons. The summed E-state index contributed by atoms with van der Waals surface area (Å²) in [6.07, 6.45) is -0.403. The van der Waals surface area contributed by atoms with Crippen LogP contribution in [0, 0.1) is 6.92 Å². The predicted octanol–water partition coefficient (Wildman–Crippen LogP) is -0.966. The number of hydrogen-bond acceptors (Lipinski definition) is 7. The summed E-state index contributed by atoms with van der Waals surface area (Å²) in [5, 5.41) is 13.4. The van der Waals surface area contributed by atoms with Crippen molar-refractivity contribution in [3.8, 4) is 5.75 Å². The number of aryl methyl sites for hydroxylation is 2. The number of unbranched alkanes of at least 4 members (excludes halogenated alkanes) is 1. The number of anilines is 1. The number of alkyl halides is 1. The maximum absolute atomic E-state index is 13.4. The summed E-state index contributed by atoms with van der Waals surface area (Å²) in [5.74, 6) is -2.80. The second-order valence-electron chi connectivity index (χ2n) is 9.05. The number of nitrogen functional groups attached to an aromatic ring is 1. The van der Waals surface area contributed by atoms with E-state index in [2.05, 4.69) is 14.8 Å². The fraction of sp³-hybridized carbons (Fsp3) is 0.286. The Hall–Kier alpha value is -2.32.